The molecule has 0 spiro atoms. The molecule has 1 aromatic heterocycles. The first kappa shape index (κ1) is 16.4. The minimum atomic E-state index is -0.421. The monoisotopic (exact) mass is 349 g/mol. The highest BCUT2D eigenvalue weighted by molar-refractivity contribution is 6.30. The van der Waals surface area contributed by atoms with Crippen molar-refractivity contribution in [2.24, 2.45) is 0 Å². The number of piperazine rings is 1. The summed E-state index contributed by atoms with van der Waals surface area (Å²) in [5.74, 6) is 0.385. The Labute approximate surface area is 144 Å². The van der Waals surface area contributed by atoms with Gasteiger partial charge >= 0.3 is 6.03 Å². The molecular formula is C16H17ClFN5O. The van der Waals surface area contributed by atoms with E-state index in [0.29, 0.717) is 36.8 Å². The van der Waals surface area contributed by atoms with Crippen LogP contribution in [0.15, 0.2) is 36.8 Å². The van der Waals surface area contributed by atoms with Crippen LogP contribution < -0.4 is 10.2 Å². The molecule has 1 saturated heterocycles. The van der Waals surface area contributed by atoms with Crippen LogP contribution in [0.25, 0.3) is 0 Å². The Hall–Kier alpha value is -2.41. The summed E-state index contributed by atoms with van der Waals surface area (Å²) in [5, 5.41) is 3.08. The molecule has 0 atom stereocenters. The van der Waals surface area contributed by atoms with Gasteiger partial charge in [-0.15, -0.1) is 0 Å². The largest absolute Gasteiger partial charge is 0.352 e. The van der Waals surface area contributed by atoms with Crippen LogP contribution in [0.4, 0.5) is 15.0 Å². The number of nitrogens with one attached hydrogen (secondary N) is 1. The average Bonchev–Trinajstić information content (AvgIpc) is 2.62. The predicted octanol–water partition coefficient (Wildman–Crippen LogP) is 2.30. The molecule has 1 aliphatic heterocycles. The van der Waals surface area contributed by atoms with Crippen molar-refractivity contribution in [3.8, 4) is 0 Å². The number of aromatic nitrogens is 2. The van der Waals surface area contributed by atoms with Gasteiger partial charge in [-0.2, -0.15) is 0 Å². The molecule has 24 heavy (non-hydrogen) atoms. The molecule has 0 radical (unpaired) electrons. The highest BCUT2D eigenvalue weighted by Gasteiger charge is 2.21. The van der Waals surface area contributed by atoms with Crippen LogP contribution in [0, 0.1) is 5.82 Å². The highest BCUT2D eigenvalue weighted by Crippen LogP contribution is 2.15. The fraction of sp³-hybridized carbons (Fsp3) is 0.312. The Morgan fingerprint density at radius 3 is 2.71 bits per heavy atom. The van der Waals surface area contributed by atoms with E-state index in [1.54, 1.807) is 35.6 Å². The van der Waals surface area contributed by atoms with Gasteiger partial charge in [-0.1, -0.05) is 17.7 Å². The molecule has 3 rings (SSSR count). The van der Waals surface area contributed by atoms with Gasteiger partial charge in [0.25, 0.3) is 0 Å². The smallest absolute Gasteiger partial charge is 0.317 e. The van der Waals surface area contributed by atoms with E-state index in [2.05, 4.69) is 20.2 Å². The summed E-state index contributed by atoms with van der Waals surface area (Å²) in [7, 11) is 0. The second-order valence-corrected chi connectivity index (χ2v) is 5.87. The summed E-state index contributed by atoms with van der Waals surface area (Å²) < 4.78 is 13.7. The highest BCUT2D eigenvalue weighted by atomic mass is 35.5. The van der Waals surface area contributed by atoms with E-state index in [9.17, 15) is 9.18 Å². The molecule has 0 bridgehead atoms. The average molecular weight is 350 g/mol. The number of hydrogen-bond donors (Lipinski definition) is 1. The number of carbonyl (C=O) groups excluding carboxylic acids is 1. The maximum atomic E-state index is 13.7. The fourth-order valence-electron chi connectivity index (χ4n) is 2.54. The summed E-state index contributed by atoms with van der Waals surface area (Å²) in [6.07, 6.45) is 4.98. The normalized spacial score (nSPS) is 14.6. The summed E-state index contributed by atoms with van der Waals surface area (Å²) >= 11 is 5.72. The number of hydrogen-bond acceptors (Lipinski definition) is 4. The molecule has 0 unspecified atom stereocenters. The van der Waals surface area contributed by atoms with Gasteiger partial charge in [0.2, 0.25) is 0 Å². The van der Waals surface area contributed by atoms with Crippen molar-refractivity contribution in [1.82, 2.24) is 20.2 Å². The first-order valence-electron chi connectivity index (χ1n) is 7.61. The maximum Gasteiger partial charge on any atom is 0.317 e. The molecule has 6 nitrogen and oxygen atoms in total. The van der Waals surface area contributed by atoms with E-state index in [-0.39, 0.29) is 12.6 Å². The van der Waals surface area contributed by atoms with Gasteiger partial charge in [0.1, 0.15) is 11.6 Å². The molecule has 2 amide bonds. The molecule has 126 valence electrons. The third-order valence-electron chi connectivity index (χ3n) is 3.89. The number of halogens is 2. The second kappa shape index (κ2) is 7.44. The third kappa shape index (κ3) is 3.91. The van der Waals surface area contributed by atoms with Crippen molar-refractivity contribution in [2.45, 2.75) is 6.54 Å². The van der Waals surface area contributed by atoms with Crippen molar-refractivity contribution >= 4 is 23.4 Å². The van der Waals surface area contributed by atoms with Gasteiger partial charge in [-0.05, 0) is 12.1 Å². The van der Waals surface area contributed by atoms with Gasteiger partial charge in [0.15, 0.2) is 0 Å². The lowest BCUT2D eigenvalue weighted by Crippen LogP contribution is -2.52. The van der Waals surface area contributed by atoms with E-state index in [1.165, 1.54) is 6.07 Å². The zero-order chi connectivity index (χ0) is 16.9. The van der Waals surface area contributed by atoms with E-state index in [0.717, 1.165) is 5.82 Å². The molecular weight excluding hydrogens is 333 g/mol. The molecule has 2 aromatic rings. The Morgan fingerprint density at radius 2 is 2.04 bits per heavy atom. The van der Waals surface area contributed by atoms with E-state index in [1.807, 2.05) is 0 Å². The predicted molar refractivity (Wildman–Crippen MR) is 89.5 cm³/mol. The second-order valence-electron chi connectivity index (χ2n) is 5.43. The molecule has 0 saturated carbocycles. The lowest BCUT2D eigenvalue weighted by Gasteiger charge is -2.35. The summed E-state index contributed by atoms with van der Waals surface area (Å²) in [4.78, 5) is 24.3. The van der Waals surface area contributed by atoms with Crippen molar-refractivity contribution in [3.63, 3.8) is 0 Å². The Kier molecular flexibility index (Phi) is 5.10. The van der Waals surface area contributed by atoms with Gasteiger partial charge < -0.3 is 15.1 Å². The molecule has 1 aromatic carbocycles. The van der Waals surface area contributed by atoms with Crippen molar-refractivity contribution < 1.29 is 9.18 Å². The topological polar surface area (TPSA) is 61.4 Å². The summed E-state index contributed by atoms with van der Waals surface area (Å²) in [5.41, 5.74) is 0.408. The van der Waals surface area contributed by atoms with Crippen LogP contribution in [0.2, 0.25) is 5.02 Å². The quantitative estimate of drug-likeness (QED) is 0.923. The van der Waals surface area contributed by atoms with Crippen LogP contribution >= 0.6 is 11.6 Å². The number of amides is 2. The number of benzene rings is 1. The number of nitrogens with zero attached hydrogens (tertiary/aromatic N) is 4. The first-order valence-corrected chi connectivity index (χ1v) is 7.99. The van der Waals surface area contributed by atoms with Crippen LogP contribution in [0.3, 0.4) is 0 Å². The summed E-state index contributed by atoms with van der Waals surface area (Å²) in [6.45, 7) is 2.64. The van der Waals surface area contributed by atoms with Crippen LogP contribution in [-0.4, -0.2) is 47.1 Å². The lowest BCUT2D eigenvalue weighted by molar-refractivity contribution is 0.193. The SMILES string of the molecule is O=C(NCc1ccc(Cl)cc1F)N1CCN(c2cnccn2)CC1. The van der Waals surface area contributed by atoms with Crippen molar-refractivity contribution in [3.05, 3.63) is 53.2 Å². The van der Waals surface area contributed by atoms with Crippen molar-refractivity contribution in [2.75, 3.05) is 31.1 Å². The number of anilines is 1. The molecule has 1 aliphatic rings. The Morgan fingerprint density at radius 1 is 1.25 bits per heavy atom. The third-order valence-corrected chi connectivity index (χ3v) is 4.12. The van der Waals surface area contributed by atoms with Gasteiger partial charge in [-0.3, -0.25) is 4.98 Å². The molecule has 0 aliphatic carbocycles. The lowest BCUT2D eigenvalue weighted by atomic mass is 10.2. The molecule has 8 heteroatoms. The number of rotatable bonds is 3. The molecule has 2 heterocycles. The number of carbonyl (C=O) groups is 1. The number of urea groups is 1. The molecule has 1 N–H and O–H groups in total. The van der Waals surface area contributed by atoms with E-state index in [4.69, 9.17) is 11.6 Å². The standard InChI is InChI=1S/C16H17ClFN5O/c17-13-2-1-12(14(18)9-13)10-21-16(24)23-7-5-22(6-8-23)15-11-19-3-4-20-15/h1-4,9,11H,5-8,10H2,(H,21,24). The van der Waals surface area contributed by atoms with Crippen LogP contribution in [-0.2, 0) is 6.54 Å². The Bertz CT molecular complexity index is 707. The summed E-state index contributed by atoms with van der Waals surface area (Å²) in [6, 6.07) is 4.21. The zero-order valence-electron chi connectivity index (χ0n) is 13.0. The Balaban J connectivity index is 1.50. The minimum absolute atomic E-state index is 0.131. The zero-order valence-corrected chi connectivity index (χ0v) is 13.7. The first-order chi connectivity index (χ1) is 11.6. The van der Waals surface area contributed by atoms with Gasteiger partial charge in [0, 0.05) is 55.7 Å². The minimum Gasteiger partial charge on any atom is -0.352 e. The van der Waals surface area contributed by atoms with Crippen LogP contribution in [0.5, 0.6) is 0 Å². The van der Waals surface area contributed by atoms with Crippen LogP contribution in [0.1, 0.15) is 5.56 Å². The van der Waals surface area contributed by atoms with Gasteiger partial charge in [-0.25, -0.2) is 14.2 Å². The maximum absolute atomic E-state index is 13.7. The van der Waals surface area contributed by atoms with Gasteiger partial charge in [0.05, 0.1) is 6.20 Å². The van der Waals surface area contributed by atoms with E-state index >= 15 is 0 Å². The van der Waals surface area contributed by atoms with Crippen molar-refractivity contribution in [1.29, 1.82) is 0 Å². The van der Waals surface area contributed by atoms with E-state index < -0.39 is 5.82 Å². The fourth-order valence-corrected chi connectivity index (χ4v) is 2.70. The molecule has 1 fully saturated rings.